The third-order valence-corrected chi connectivity index (χ3v) is 3.03. The third kappa shape index (κ3) is 6.76. The van der Waals surface area contributed by atoms with Gasteiger partial charge in [0.25, 0.3) is 0 Å². The highest BCUT2D eigenvalue weighted by molar-refractivity contribution is 9.10. The van der Waals surface area contributed by atoms with Gasteiger partial charge in [0.15, 0.2) is 0 Å². The Hall–Kier alpha value is -0.450. The Morgan fingerprint density at radius 1 is 1.29 bits per heavy atom. The van der Waals surface area contributed by atoms with E-state index >= 15 is 0 Å². The second kappa shape index (κ2) is 7.09. The van der Waals surface area contributed by atoms with Gasteiger partial charge in [0, 0.05) is 22.8 Å². The molecule has 2 N–H and O–H groups in total. The van der Waals surface area contributed by atoms with Crippen molar-refractivity contribution in [3.05, 3.63) is 28.5 Å². The van der Waals surface area contributed by atoms with Gasteiger partial charge in [-0.3, -0.25) is 4.98 Å². The van der Waals surface area contributed by atoms with Crippen LogP contribution in [0, 0.1) is 0 Å². The Bertz CT molecular complexity index is 334. The van der Waals surface area contributed by atoms with E-state index in [-0.39, 0.29) is 5.54 Å². The Kier molecular flexibility index (Phi) is 6.09. The molecule has 0 saturated carbocycles. The lowest BCUT2D eigenvalue weighted by molar-refractivity contribution is 0.418. The van der Waals surface area contributed by atoms with Crippen LogP contribution in [0.2, 0.25) is 0 Å². The number of pyridine rings is 1. The van der Waals surface area contributed by atoms with Crippen LogP contribution in [-0.4, -0.2) is 23.6 Å². The predicted molar refractivity (Wildman–Crippen MR) is 76.0 cm³/mol. The molecule has 96 valence electrons. The standard InChI is InChI=1S/C13H22BrN3/c1-13(2,3)17-9-5-7-15-10-12-11(14)6-4-8-16-12/h4,6,8,15,17H,5,7,9-10H2,1-3H3. The summed E-state index contributed by atoms with van der Waals surface area (Å²) in [4.78, 5) is 4.31. The summed E-state index contributed by atoms with van der Waals surface area (Å²) in [5.41, 5.74) is 1.28. The highest BCUT2D eigenvalue weighted by Gasteiger charge is 2.06. The maximum atomic E-state index is 4.31. The maximum Gasteiger partial charge on any atom is 0.0683 e. The van der Waals surface area contributed by atoms with Crippen molar-refractivity contribution in [2.45, 2.75) is 39.3 Å². The van der Waals surface area contributed by atoms with Gasteiger partial charge in [0.05, 0.1) is 5.69 Å². The molecule has 0 unspecified atom stereocenters. The molecule has 0 amide bonds. The van der Waals surface area contributed by atoms with Crippen LogP contribution in [0.25, 0.3) is 0 Å². The Labute approximate surface area is 113 Å². The summed E-state index contributed by atoms with van der Waals surface area (Å²) in [5, 5.41) is 6.86. The van der Waals surface area contributed by atoms with Gasteiger partial charge in [0.2, 0.25) is 0 Å². The molecule has 0 aliphatic rings. The van der Waals surface area contributed by atoms with Crippen LogP contribution >= 0.6 is 15.9 Å². The molecule has 0 saturated heterocycles. The quantitative estimate of drug-likeness (QED) is 0.793. The first-order valence-electron chi connectivity index (χ1n) is 6.04. The third-order valence-electron chi connectivity index (χ3n) is 2.31. The molecule has 0 atom stereocenters. The van der Waals surface area contributed by atoms with Crippen molar-refractivity contribution in [1.29, 1.82) is 0 Å². The van der Waals surface area contributed by atoms with Crippen LogP contribution in [0.5, 0.6) is 0 Å². The lowest BCUT2D eigenvalue weighted by Gasteiger charge is -2.20. The molecule has 17 heavy (non-hydrogen) atoms. The number of nitrogens with zero attached hydrogens (tertiary/aromatic N) is 1. The molecule has 0 bridgehead atoms. The Morgan fingerprint density at radius 3 is 2.71 bits per heavy atom. The molecule has 1 heterocycles. The van der Waals surface area contributed by atoms with Crippen molar-refractivity contribution in [2.75, 3.05) is 13.1 Å². The fourth-order valence-electron chi connectivity index (χ4n) is 1.43. The Balaban J connectivity index is 2.11. The van der Waals surface area contributed by atoms with Crippen molar-refractivity contribution >= 4 is 15.9 Å². The smallest absolute Gasteiger partial charge is 0.0683 e. The highest BCUT2D eigenvalue weighted by Crippen LogP contribution is 2.12. The first-order chi connectivity index (χ1) is 7.99. The minimum Gasteiger partial charge on any atom is -0.312 e. The number of halogens is 1. The summed E-state index contributed by atoms with van der Waals surface area (Å²) in [7, 11) is 0. The van der Waals surface area contributed by atoms with Gasteiger partial charge >= 0.3 is 0 Å². The van der Waals surface area contributed by atoms with E-state index in [0.717, 1.165) is 36.2 Å². The van der Waals surface area contributed by atoms with Gasteiger partial charge in [-0.25, -0.2) is 0 Å². The molecule has 0 aromatic carbocycles. The molecular weight excluding hydrogens is 278 g/mol. The fourth-order valence-corrected chi connectivity index (χ4v) is 1.83. The molecule has 0 spiro atoms. The van der Waals surface area contributed by atoms with Crippen LogP contribution < -0.4 is 10.6 Å². The minimum absolute atomic E-state index is 0.212. The molecule has 1 rings (SSSR count). The normalized spacial score (nSPS) is 11.8. The number of nitrogens with one attached hydrogen (secondary N) is 2. The lowest BCUT2D eigenvalue weighted by atomic mass is 10.1. The van der Waals surface area contributed by atoms with Crippen molar-refractivity contribution in [3.8, 4) is 0 Å². The number of rotatable bonds is 6. The van der Waals surface area contributed by atoms with Gasteiger partial charge in [-0.05, 0) is 68.3 Å². The van der Waals surface area contributed by atoms with E-state index < -0.39 is 0 Å². The second-order valence-electron chi connectivity index (χ2n) is 5.14. The van der Waals surface area contributed by atoms with Gasteiger partial charge in [-0.1, -0.05) is 0 Å². The van der Waals surface area contributed by atoms with Crippen LogP contribution in [0.4, 0.5) is 0 Å². The van der Waals surface area contributed by atoms with Gasteiger partial charge in [0.1, 0.15) is 0 Å². The summed E-state index contributed by atoms with van der Waals surface area (Å²) in [6, 6.07) is 3.95. The molecule has 0 radical (unpaired) electrons. The van der Waals surface area contributed by atoms with Gasteiger partial charge in [-0.2, -0.15) is 0 Å². The predicted octanol–water partition coefficient (Wildman–Crippen LogP) is 2.71. The first kappa shape index (κ1) is 14.6. The van der Waals surface area contributed by atoms with E-state index in [4.69, 9.17) is 0 Å². The molecule has 0 aliphatic carbocycles. The SMILES string of the molecule is CC(C)(C)NCCCNCc1ncccc1Br. The molecule has 4 heteroatoms. The fraction of sp³-hybridized carbons (Fsp3) is 0.615. The first-order valence-corrected chi connectivity index (χ1v) is 6.83. The Morgan fingerprint density at radius 2 is 2.06 bits per heavy atom. The van der Waals surface area contributed by atoms with E-state index in [2.05, 4.69) is 52.3 Å². The maximum absolute atomic E-state index is 4.31. The van der Waals surface area contributed by atoms with Gasteiger partial charge in [-0.15, -0.1) is 0 Å². The van der Waals surface area contributed by atoms with Gasteiger partial charge < -0.3 is 10.6 Å². The van der Waals surface area contributed by atoms with Crippen molar-refractivity contribution in [1.82, 2.24) is 15.6 Å². The summed E-state index contributed by atoms with van der Waals surface area (Å²) >= 11 is 3.49. The highest BCUT2D eigenvalue weighted by atomic mass is 79.9. The van der Waals surface area contributed by atoms with Crippen molar-refractivity contribution in [3.63, 3.8) is 0 Å². The number of hydrogen-bond acceptors (Lipinski definition) is 3. The number of aromatic nitrogens is 1. The van der Waals surface area contributed by atoms with E-state index in [9.17, 15) is 0 Å². The zero-order chi connectivity index (χ0) is 12.7. The van der Waals surface area contributed by atoms with Crippen molar-refractivity contribution < 1.29 is 0 Å². The van der Waals surface area contributed by atoms with Crippen LogP contribution in [0.1, 0.15) is 32.9 Å². The molecule has 1 aromatic rings. The monoisotopic (exact) mass is 299 g/mol. The van der Waals surface area contributed by atoms with E-state index in [1.807, 2.05) is 18.3 Å². The van der Waals surface area contributed by atoms with Crippen molar-refractivity contribution in [2.24, 2.45) is 0 Å². The number of hydrogen-bond donors (Lipinski definition) is 2. The average molecular weight is 300 g/mol. The van der Waals surface area contributed by atoms with E-state index in [0.29, 0.717) is 0 Å². The van der Waals surface area contributed by atoms with Crippen LogP contribution in [0.3, 0.4) is 0 Å². The molecule has 0 fully saturated rings. The molecular formula is C13H22BrN3. The van der Waals surface area contributed by atoms with E-state index in [1.165, 1.54) is 0 Å². The van der Waals surface area contributed by atoms with Crippen LogP contribution in [-0.2, 0) is 6.54 Å². The average Bonchev–Trinajstić information content (AvgIpc) is 2.24. The molecule has 3 nitrogen and oxygen atoms in total. The summed E-state index contributed by atoms with van der Waals surface area (Å²) < 4.78 is 1.07. The zero-order valence-electron chi connectivity index (χ0n) is 10.9. The largest absolute Gasteiger partial charge is 0.312 e. The lowest BCUT2D eigenvalue weighted by Crippen LogP contribution is -2.37. The summed E-state index contributed by atoms with van der Waals surface area (Å²) in [5.74, 6) is 0. The summed E-state index contributed by atoms with van der Waals surface area (Å²) in [6.07, 6.45) is 2.95. The topological polar surface area (TPSA) is 37.0 Å². The molecule has 1 aromatic heterocycles. The molecule has 0 aliphatic heterocycles. The van der Waals surface area contributed by atoms with E-state index in [1.54, 1.807) is 0 Å². The zero-order valence-corrected chi connectivity index (χ0v) is 12.5. The minimum atomic E-state index is 0.212. The van der Waals surface area contributed by atoms with Crippen LogP contribution in [0.15, 0.2) is 22.8 Å². The second-order valence-corrected chi connectivity index (χ2v) is 5.99. The summed E-state index contributed by atoms with van der Waals surface area (Å²) in [6.45, 7) is 9.42.